The number of amides is 2. The van der Waals surface area contributed by atoms with Crippen molar-refractivity contribution in [3.05, 3.63) is 101 Å². The number of nitrogens with one attached hydrogen (secondary N) is 1. The van der Waals surface area contributed by atoms with Crippen molar-refractivity contribution < 1.29 is 14.3 Å². The molecule has 0 heterocycles. The lowest BCUT2D eigenvalue weighted by Crippen LogP contribution is -2.52. The number of carbonyl (C=O) groups is 2. The zero-order valence-corrected chi connectivity index (χ0v) is 21.9. The highest BCUT2D eigenvalue weighted by Gasteiger charge is 2.32. The van der Waals surface area contributed by atoms with Crippen molar-refractivity contribution in [2.45, 2.75) is 63.6 Å². The molecule has 3 aromatic rings. The van der Waals surface area contributed by atoms with Gasteiger partial charge < -0.3 is 15.0 Å². The molecule has 194 valence electrons. The van der Waals surface area contributed by atoms with E-state index < -0.39 is 6.04 Å². The monoisotopic (exact) mass is 518 g/mol. The zero-order valence-electron chi connectivity index (χ0n) is 21.2. The summed E-state index contributed by atoms with van der Waals surface area (Å²) in [4.78, 5) is 29.1. The van der Waals surface area contributed by atoms with Crippen molar-refractivity contribution in [1.29, 1.82) is 0 Å². The van der Waals surface area contributed by atoms with Crippen LogP contribution >= 0.6 is 11.6 Å². The first-order valence-corrected chi connectivity index (χ1v) is 13.5. The van der Waals surface area contributed by atoms with Crippen molar-refractivity contribution in [1.82, 2.24) is 10.2 Å². The second-order valence-electron chi connectivity index (χ2n) is 9.61. The molecule has 0 unspecified atom stereocenters. The number of rotatable bonds is 12. The number of benzene rings is 3. The lowest BCUT2D eigenvalue weighted by Gasteiger charge is -2.32. The van der Waals surface area contributed by atoms with Crippen LogP contribution < -0.4 is 10.1 Å². The van der Waals surface area contributed by atoms with Gasteiger partial charge in [0.2, 0.25) is 11.8 Å². The summed E-state index contributed by atoms with van der Waals surface area (Å²) in [5, 5.41) is 3.88. The van der Waals surface area contributed by atoms with Crippen molar-refractivity contribution in [2.24, 2.45) is 0 Å². The molecule has 3 aromatic carbocycles. The molecule has 0 saturated heterocycles. The molecule has 6 heteroatoms. The summed E-state index contributed by atoms with van der Waals surface area (Å²) in [5.74, 6) is 0.638. The fraction of sp³-hybridized carbons (Fsp3) is 0.355. The molecule has 5 nitrogen and oxygen atoms in total. The SMILES string of the molecule is O=C(NC1CCCC1)[C@@H](Cc1ccccc1)N(Cc1ccc(Cl)cc1)C(=O)CCCOc1ccccc1. The highest BCUT2D eigenvalue weighted by Crippen LogP contribution is 2.21. The summed E-state index contributed by atoms with van der Waals surface area (Å²) in [6, 6.07) is 26.5. The second-order valence-corrected chi connectivity index (χ2v) is 10.0. The predicted octanol–water partition coefficient (Wildman–Crippen LogP) is 6.20. The van der Waals surface area contributed by atoms with Crippen LogP contribution in [0.25, 0.3) is 0 Å². The maximum atomic E-state index is 13.7. The van der Waals surface area contributed by atoms with Gasteiger partial charge in [-0.2, -0.15) is 0 Å². The van der Waals surface area contributed by atoms with E-state index in [0.29, 0.717) is 37.4 Å². The summed E-state index contributed by atoms with van der Waals surface area (Å²) in [5.41, 5.74) is 1.96. The van der Waals surface area contributed by atoms with Crippen molar-refractivity contribution in [3.8, 4) is 5.75 Å². The Balaban J connectivity index is 1.52. The molecule has 1 aliphatic carbocycles. The molecule has 1 saturated carbocycles. The van der Waals surface area contributed by atoms with Crippen molar-refractivity contribution in [3.63, 3.8) is 0 Å². The van der Waals surface area contributed by atoms with Crippen LogP contribution in [0.5, 0.6) is 5.75 Å². The van der Waals surface area contributed by atoms with Gasteiger partial charge in [-0.15, -0.1) is 0 Å². The molecule has 0 aromatic heterocycles. The molecular formula is C31H35ClN2O3. The first-order valence-electron chi connectivity index (χ1n) is 13.1. The Morgan fingerprint density at radius 3 is 2.22 bits per heavy atom. The molecule has 2 amide bonds. The van der Waals surface area contributed by atoms with Crippen LogP contribution in [0.3, 0.4) is 0 Å². The van der Waals surface area contributed by atoms with Gasteiger partial charge in [0.15, 0.2) is 0 Å². The van der Waals surface area contributed by atoms with Gasteiger partial charge in [0.25, 0.3) is 0 Å². The second kappa shape index (κ2) is 13.8. The lowest BCUT2D eigenvalue weighted by atomic mass is 10.0. The molecule has 1 aliphatic rings. The Bertz CT molecular complexity index is 1120. The van der Waals surface area contributed by atoms with Gasteiger partial charge >= 0.3 is 0 Å². The van der Waals surface area contributed by atoms with Gasteiger partial charge in [-0.25, -0.2) is 0 Å². The maximum absolute atomic E-state index is 13.7. The number of carbonyl (C=O) groups excluding carboxylic acids is 2. The van der Waals surface area contributed by atoms with Crippen molar-refractivity contribution in [2.75, 3.05) is 6.61 Å². The van der Waals surface area contributed by atoms with E-state index in [1.54, 1.807) is 4.90 Å². The molecule has 0 aliphatic heterocycles. The van der Waals surface area contributed by atoms with Crippen LogP contribution in [0.4, 0.5) is 0 Å². The van der Waals surface area contributed by atoms with Crippen molar-refractivity contribution >= 4 is 23.4 Å². The van der Waals surface area contributed by atoms with Gasteiger partial charge in [-0.1, -0.05) is 85.1 Å². The third kappa shape index (κ3) is 8.36. The summed E-state index contributed by atoms with van der Waals surface area (Å²) >= 11 is 6.10. The number of nitrogens with zero attached hydrogens (tertiary/aromatic N) is 1. The number of para-hydroxylation sites is 1. The fourth-order valence-corrected chi connectivity index (χ4v) is 4.91. The normalized spacial score (nSPS) is 14.2. The van der Waals surface area contributed by atoms with Crippen LogP contribution in [0.1, 0.15) is 49.7 Å². The first kappa shape index (κ1) is 26.7. The van der Waals surface area contributed by atoms with Gasteiger partial charge in [0, 0.05) is 30.5 Å². The average molecular weight is 519 g/mol. The Kier molecular flexibility index (Phi) is 10.0. The van der Waals surface area contributed by atoms with E-state index in [1.807, 2.05) is 84.9 Å². The third-order valence-corrected chi connectivity index (χ3v) is 7.04. The van der Waals surface area contributed by atoms with Gasteiger partial charge in [0.1, 0.15) is 11.8 Å². The number of halogens is 1. The highest BCUT2D eigenvalue weighted by atomic mass is 35.5. The predicted molar refractivity (Wildman–Crippen MR) is 148 cm³/mol. The third-order valence-electron chi connectivity index (χ3n) is 6.79. The number of hydrogen-bond donors (Lipinski definition) is 1. The van der Waals surface area contributed by atoms with Gasteiger partial charge in [0.05, 0.1) is 6.61 Å². The largest absolute Gasteiger partial charge is 0.494 e. The van der Waals surface area contributed by atoms with E-state index in [1.165, 1.54) is 0 Å². The standard InChI is InChI=1S/C31H35ClN2O3/c32-26-19-17-25(18-20-26)23-34(30(35)16-9-21-37-28-14-5-2-6-15-28)29(22-24-10-3-1-4-11-24)31(36)33-27-12-7-8-13-27/h1-6,10-11,14-15,17-20,27,29H,7-9,12-13,16,21-23H2,(H,33,36)/t29-/m1/s1. The maximum Gasteiger partial charge on any atom is 0.243 e. The van der Waals surface area contributed by atoms with E-state index in [0.717, 1.165) is 42.6 Å². The average Bonchev–Trinajstić information content (AvgIpc) is 3.44. The summed E-state index contributed by atoms with van der Waals surface area (Å²) in [7, 11) is 0. The summed E-state index contributed by atoms with van der Waals surface area (Å²) < 4.78 is 5.80. The highest BCUT2D eigenvalue weighted by molar-refractivity contribution is 6.30. The minimum Gasteiger partial charge on any atom is -0.494 e. The molecule has 37 heavy (non-hydrogen) atoms. The topological polar surface area (TPSA) is 58.6 Å². The van der Waals surface area contributed by atoms with E-state index in [-0.39, 0.29) is 17.9 Å². The van der Waals surface area contributed by atoms with Crippen LogP contribution in [0, 0.1) is 0 Å². The Morgan fingerprint density at radius 1 is 0.892 bits per heavy atom. The van der Waals surface area contributed by atoms with Crippen LogP contribution in [0.2, 0.25) is 5.02 Å². The van der Waals surface area contributed by atoms with Crippen LogP contribution in [-0.4, -0.2) is 35.4 Å². The molecule has 0 bridgehead atoms. The Hall–Kier alpha value is -3.31. The van der Waals surface area contributed by atoms with Crippen LogP contribution in [-0.2, 0) is 22.6 Å². The van der Waals surface area contributed by atoms with E-state index in [2.05, 4.69) is 5.32 Å². The lowest BCUT2D eigenvalue weighted by molar-refractivity contribution is -0.141. The number of hydrogen-bond acceptors (Lipinski definition) is 3. The summed E-state index contributed by atoms with van der Waals surface area (Å²) in [6.07, 6.45) is 5.55. The minimum atomic E-state index is -0.610. The Morgan fingerprint density at radius 2 is 1.54 bits per heavy atom. The van der Waals surface area contributed by atoms with Gasteiger partial charge in [-0.3, -0.25) is 9.59 Å². The van der Waals surface area contributed by atoms with Gasteiger partial charge in [-0.05, 0) is 54.7 Å². The van der Waals surface area contributed by atoms with E-state index >= 15 is 0 Å². The molecular weight excluding hydrogens is 484 g/mol. The zero-order chi connectivity index (χ0) is 25.9. The van der Waals surface area contributed by atoms with E-state index in [4.69, 9.17) is 16.3 Å². The molecule has 1 atom stereocenters. The fourth-order valence-electron chi connectivity index (χ4n) is 4.78. The minimum absolute atomic E-state index is 0.0610. The molecule has 4 rings (SSSR count). The first-order chi connectivity index (χ1) is 18.1. The molecule has 1 fully saturated rings. The number of ether oxygens (including phenoxy) is 1. The summed E-state index contributed by atoms with van der Waals surface area (Å²) in [6.45, 7) is 0.771. The van der Waals surface area contributed by atoms with Crippen LogP contribution in [0.15, 0.2) is 84.9 Å². The Labute approximate surface area is 224 Å². The van der Waals surface area contributed by atoms with E-state index in [9.17, 15) is 9.59 Å². The smallest absolute Gasteiger partial charge is 0.243 e. The molecule has 0 radical (unpaired) electrons. The quantitative estimate of drug-likeness (QED) is 0.290. The molecule has 1 N–H and O–H groups in total. The molecule has 0 spiro atoms.